The van der Waals surface area contributed by atoms with Crippen LogP contribution in [0, 0.1) is 0 Å². The number of benzene rings is 1. The summed E-state index contributed by atoms with van der Waals surface area (Å²) in [6.45, 7) is 6.06. The highest BCUT2D eigenvalue weighted by molar-refractivity contribution is 14.2. The molecule has 0 spiro atoms. The number of hydrogen-bond acceptors (Lipinski definition) is 3. The minimum atomic E-state index is -0.0639. The molecule has 0 radical (unpaired) electrons. The summed E-state index contributed by atoms with van der Waals surface area (Å²) in [5.74, 6) is 0.512. The number of aromatic hydroxyl groups is 1. The first-order chi connectivity index (χ1) is 7.69. The van der Waals surface area contributed by atoms with Crippen molar-refractivity contribution in [3.63, 3.8) is 0 Å². The fourth-order valence-electron chi connectivity index (χ4n) is 1.05. The number of carbonyl (C=O) groups excluding carboxylic acids is 1. The predicted molar refractivity (Wildman–Crippen MR) is 77.0 cm³/mol. The van der Waals surface area contributed by atoms with Gasteiger partial charge in [0, 0.05) is 12.5 Å². The van der Waals surface area contributed by atoms with Crippen LogP contribution in [0.25, 0.3) is 0 Å². The Kier molecular flexibility index (Phi) is 8.57. The van der Waals surface area contributed by atoms with Crippen molar-refractivity contribution >= 4 is 34.3 Å². The van der Waals surface area contributed by atoms with Gasteiger partial charge in [-0.25, -0.2) is 0 Å². The summed E-state index contributed by atoms with van der Waals surface area (Å²) in [5.41, 5.74) is 0.358. The Morgan fingerprint density at radius 3 is 2.56 bits per heavy atom. The minimum Gasteiger partial charge on any atom is -0.507 e. The molecule has 0 aliphatic carbocycles. The molecule has 0 heterocycles. The molecule has 1 rings (SSSR count). The molecule has 1 N–H and O–H groups in total. The summed E-state index contributed by atoms with van der Waals surface area (Å²) in [4.78, 5) is 11.3. The Morgan fingerprint density at radius 2 is 2.12 bits per heavy atom. The second-order valence-electron chi connectivity index (χ2n) is 2.63. The summed E-state index contributed by atoms with van der Waals surface area (Å²) >= 11 is 2.09. The summed E-state index contributed by atoms with van der Waals surface area (Å²) in [6, 6.07) is 4.75. The van der Waals surface area contributed by atoms with Crippen LogP contribution in [-0.4, -0.2) is 10.9 Å². The SMILES string of the molecule is CC.CCC(=O)c1ccc(OPI)cc1O. The molecule has 1 atom stereocenters. The first-order valence-corrected chi connectivity index (χ1v) is 9.10. The summed E-state index contributed by atoms with van der Waals surface area (Å²) in [6.07, 6.45) is 0.391. The van der Waals surface area contributed by atoms with Crippen molar-refractivity contribution in [3.05, 3.63) is 23.8 Å². The van der Waals surface area contributed by atoms with Gasteiger partial charge in [-0.05, 0) is 34.2 Å². The van der Waals surface area contributed by atoms with Crippen molar-refractivity contribution in [2.75, 3.05) is 0 Å². The first kappa shape index (κ1) is 15.7. The van der Waals surface area contributed by atoms with Gasteiger partial charge in [0.15, 0.2) is 5.78 Å². The molecular weight excluding hydrogens is 338 g/mol. The van der Waals surface area contributed by atoms with Gasteiger partial charge in [-0.1, -0.05) is 20.8 Å². The fraction of sp³-hybridized carbons (Fsp3) is 0.364. The number of phenolic OH excluding ortho intramolecular Hbond substituents is 1. The molecule has 0 saturated carbocycles. The van der Waals surface area contributed by atoms with Gasteiger partial charge in [-0.15, -0.1) is 0 Å². The van der Waals surface area contributed by atoms with Gasteiger partial charge in [0.25, 0.3) is 0 Å². The third-order valence-corrected chi connectivity index (χ3v) is 2.72. The number of Topliss-reactive ketones (excluding diaryl/α,β-unsaturated/α-hetero) is 1. The van der Waals surface area contributed by atoms with E-state index in [0.717, 1.165) is 0 Å². The van der Waals surface area contributed by atoms with E-state index in [2.05, 4.69) is 22.0 Å². The van der Waals surface area contributed by atoms with E-state index in [9.17, 15) is 9.90 Å². The van der Waals surface area contributed by atoms with Crippen molar-refractivity contribution in [1.29, 1.82) is 0 Å². The van der Waals surface area contributed by atoms with E-state index in [1.807, 2.05) is 13.8 Å². The van der Waals surface area contributed by atoms with Gasteiger partial charge in [-0.3, -0.25) is 4.79 Å². The smallest absolute Gasteiger partial charge is 0.166 e. The Morgan fingerprint density at radius 1 is 1.50 bits per heavy atom. The van der Waals surface area contributed by atoms with Crippen molar-refractivity contribution < 1.29 is 14.4 Å². The molecule has 1 aromatic carbocycles. The van der Waals surface area contributed by atoms with E-state index < -0.39 is 0 Å². The van der Waals surface area contributed by atoms with Gasteiger partial charge in [0.2, 0.25) is 0 Å². The Hall–Kier alpha value is -0.350. The van der Waals surface area contributed by atoms with Gasteiger partial charge >= 0.3 is 0 Å². The molecule has 0 aromatic heterocycles. The summed E-state index contributed by atoms with van der Waals surface area (Å²) < 4.78 is 5.20. The van der Waals surface area contributed by atoms with Gasteiger partial charge in [0.05, 0.1) is 5.56 Å². The van der Waals surface area contributed by atoms with E-state index in [1.165, 1.54) is 6.07 Å². The molecule has 16 heavy (non-hydrogen) atoms. The molecule has 0 aliphatic heterocycles. The molecule has 1 aromatic rings. The van der Waals surface area contributed by atoms with Crippen LogP contribution in [0.3, 0.4) is 0 Å². The topological polar surface area (TPSA) is 46.5 Å². The van der Waals surface area contributed by atoms with Crippen molar-refractivity contribution in [2.24, 2.45) is 0 Å². The summed E-state index contributed by atoms with van der Waals surface area (Å²) in [5, 5.41) is 9.52. The zero-order chi connectivity index (χ0) is 12.6. The second-order valence-corrected chi connectivity index (χ2v) is 4.31. The molecular formula is C11H16IO3P. The highest BCUT2D eigenvalue weighted by Crippen LogP contribution is 2.31. The van der Waals surface area contributed by atoms with Crippen LogP contribution >= 0.6 is 28.5 Å². The average molecular weight is 354 g/mol. The molecule has 0 amide bonds. The molecule has 0 bridgehead atoms. The lowest BCUT2D eigenvalue weighted by molar-refractivity contribution is 0.0985. The lowest BCUT2D eigenvalue weighted by Gasteiger charge is -2.05. The third kappa shape index (κ3) is 4.66. The molecule has 1 unspecified atom stereocenters. The van der Waals surface area contributed by atoms with Crippen LogP contribution in [0.1, 0.15) is 37.6 Å². The van der Waals surface area contributed by atoms with Crippen molar-refractivity contribution in [1.82, 2.24) is 0 Å². The maximum Gasteiger partial charge on any atom is 0.166 e. The normalized spacial score (nSPS) is 9.75. The number of phenols is 1. The van der Waals surface area contributed by atoms with Crippen molar-refractivity contribution in [3.8, 4) is 11.5 Å². The number of ketones is 1. The van der Waals surface area contributed by atoms with E-state index in [-0.39, 0.29) is 11.5 Å². The lowest BCUT2D eigenvalue weighted by Crippen LogP contribution is -1.96. The Labute approximate surface area is 111 Å². The third-order valence-electron chi connectivity index (χ3n) is 1.75. The standard InChI is InChI=1S/C9H10IO3P.C2H6/c1-2-8(11)7-4-3-6(13-14-10)5-9(7)12;1-2/h3-5,12,14H,2H2,1H3;1-2H3. The molecule has 3 nitrogen and oxygen atoms in total. The fourth-order valence-corrected chi connectivity index (χ4v) is 2.02. The van der Waals surface area contributed by atoms with Crippen LogP contribution in [0.4, 0.5) is 0 Å². The van der Waals surface area contributed by atoms with Gasteiger partial charge in [0.1, 0.15) is 17.9 Å². The Balaban J connectivity index is 0.00000106. The zero-order valence-electron chi connectivity index (χ0n) is 9.58. The number of rotatable bonds is 4. The number of halogens is 1. The molecule has 90 valence electrons. The highest BCUT2D eigenvalue weighted by atomic mass is 127. The van der Waals surface area contributed by atoms with E-state index in [0.29, 0.717) is 24.2 Å². The molecule has 0 saturated heterocycles. The minimum absolute atomic E-state index is 0.0102. The molecule has 0 aliphatic rings. The highest BCUT2D eigenvalue weighted by Gasteiger charge is 2.09. The largest absolute Gasteiger partial charge is 0.507 e. The maximum absolute atomic E-state index is 11.3. The zero-order valence-corrected chi connectivity index (χ0v) is 12.7. The van der Waals surface area contributed by atoms with E-state index in [4.69, 9.17) is 4.52 Å². The quantitative estimate of drug-likeness (QED) is 0.497. The number of carbonyl (C=O) groups is 1. The van der Waals surface area contributed by atoms with Crippen LogP contribution < -0.4 is 4.52 Å². The molecule has 0 fully saturated rings. The van der Waals surface area contributed by atoms with Gasteiger partial charge in [-0.2, -0.15) is 0 Å². The van der Waals surface area contributed by atoms with Crippen LogP contribution in [-0.2, 0) is 0 Å². The second kappa shape index (κ2) is 8.76. The Bertz CT molecular complexity index is 342. The summed E-state index contributed by atoms with van der Waals surface area (Å²) in [7, 11) is 0. The first-order valence-electron chi connectivity index (χ1n) is 5.07. The van der Waals surface area contributed by atoms with Gasteiger partial charge < -0.3 is 9.63 Å². The molecule has 5 heteroatoms. The van der Waals surface area contributed by atoms with Crippen LogP contribution in [0.15, 0.2) is 18.2 Å². The monoisotopic (exact) mass is 354 g/mol. The number of hydrogen-bond donors (Lipinski definition) is 1. The average Bonchev–Trinajstić information content (AvgIpc) is 2.31. The van der Waals surface area contributed by atoms with Crippen molar-refractivity contribution in [2.45, 2.75) is 27.2 Å². The van der Waals surface area contributed by atoms with Crippen LogP contribution in [0.5, 0.6) is 11.5 Å². The predicted octanol–water partition coefficient (Wildman–Crippen LogP) is 4.33. The van der Waals surface area contributed by atoms with Crippen LogP contribution in [0.2, 0.25) is 0 Å². The maximum atomic E-state index is 11.3. The van der Waals surface area contributed by atoms with E-state index in [1.54, 1.807) is 19.1 Å². The van der Waals surface area contributed by atoms with E-state index >= 15 is 0 Å². The lowest BCUT2D eigenvalue weighted by atomic mass is 10.1.